The molecule has 0 saturated carbocycles. The minimum absolute atomic E-state index is 0.398. The Morgan fingerprint density at radius 3 is 1.89 bits per heavy atom. The fraction of sp³-hybridized carbons (Fsp3) is 0.636. The van der Waals surface area contributed by atoms with Crippen LogP contribution in [0.1, 0.15) is 37.2 Å². The van der Waals surface area contributed by atoms with Gasteiger partial charge in [0, 0.05) is 57.9 Å². The number of hydrogen-bond donors (Lipinski definition) is 2. The van der Waals surface area contributed by atoms with Crippen LogP contribution < -0.4 is 0 Å². The van der Waals surface area contributed by atoms with Crippen LogP contribution in [0.4, 0.5) is 26.3 Å². The Labute approximate surface area is 214 Å². The normalized spacial score (nSPS) is 17.9. The van der Waals surface area contributed by atoms with Crippen molar-refractivity contribution in [3.63, 3.8) is 0 Å². The van der Waals surface area contributed by atoms with Gasteiger partial charge in [-0.25, -0.2) is 14.6 Å². The molecule has 0 atom stereocenters. The van der Waals surface area contributed by atoms with Crippen molar-refractivity contribution < 1.29 is 46.1 Å². The molecule has 0 radical (unpaired) electrons. The summed E-state index contributed by atoms with van der Waals surface area (Å²) in [7, 11) is 4.08. The Bertz CT molecular complexity index is 1040. The van der Waals surface area contributed by atoms with E-state index >= 15 is 0 Å². The van der Waals surface area contributed by atoms with E-state index in [9.17, 15) is 26.3 Å². The second-order valence-electron chi connectivity index (χ2n) is 9.07. The molecule has 0 aliphatic carbocycles. The second kappa shape index (κ2) is 12.6. The number of imidazole rings is 1. The van der Waals surface area contributed by atoms with Gasteiger partial charge in [-0.2, -0.15) is 31.4 Å². The maximum Gasteiger partial charge on any atom is 0.490 e. The lowest BCUT2D eigenvalue weighted by atomic mass is 9.85. The molecular formula is C22H30F6N6O4. The van der Waals surface area contributed by atoms with Crippen molar-refractivity contribution in [1.29, 1.82) is 0 Å². The summed E-state index contributed by atoms with van der Waals surface area (Å²) in [6.45, 7) is 5.53. The van der Waals surface area contributed by atoms with Crippen LogP contribution in [0.3, 0.4) is 0 Å². The first-order valence-electron chi connectivity index (χ1n) is 11.6. The Hall–Kier alpha value is -3.14. The van der Waals surface area contributed by atoms with Gasteiger partial charge in [-0.05, 0) is 38.3 Å². The number of rotatable bonds is 4. The highest BCUT2D eigenvalue weighted by Gasteiger charge is 2.43. The molecule has 38 heavy (non-hydrogen) atoms. The lowest BCUT2D eigenvalue weighted by Crippen LogP contribution is -2.51. The molecule has 2 aliphatic rings. The summed E-state index contributed by atoms with van der Waals surface area (Å²) in [5, 5.41) is 18.8. The lowest BCUT2D eigenvalue weighted by molar-refractivity contribution is -0.193. The van der Waals surface area contributed by atoms with E-state index in [1.54, 1.807) is 0 Å². The Kier molecular flexibility index (Phi) is 10.3. The maximum atomic E-state index is 10.6. The summed E-state index contributed by atoms with van der Waals surface area (Å²) in [6, 6.07) is 2.15. The summed E-state index contributed by atoms with van der Waals surface area (Å²) in [5.41, 5.74) is 1.60. The number of carbonyl (C=O) groups is 2. The lowest BCUT2D eigenvalue weighted by Gasteiger charge is -2.45. The molecule has 2 N–H and O–H groups in total. The average Bonchev–Trinajstić information content (AvgIpc) is 3.51. The van der Waals surface area contributed by atoms with Gasteiger partial charge in [0.15, 0.2) is 0 Å². The Morgan fingerprint density at radius 2 is 1.47 bits per heavy atom. The number of likely N-dealkylation sites (tertiary alicyclic amines) is 2. The van der Waals surface area contributed by atoms with Crippen LogP contribution in [-0.2, 0) is 36.8 Å². The van der Waals surface area contributed by atoms with Crippen LogP contribution >= 0.6 is 0 Å². The summed E-state index contributed by atoms with van der Waals surface area (Å²) >= 11 is 0. The van der Waals surface area contributed by atoms with Crippen LogP contribution in [0.2, 0.25) is 0 Å². The third-order valence-electron chi connectivity index (χ3n) is 6.42. The number of carboxylic acids is 2. The molecule has 0 unspecified atom stereocenters. The minimum Gasteiger partial charge on any atom is -0.475 e. The highest BCUT2D eigenvalue weighted by atomic mass is 19.4. The average molecular weight is 557 g/mol. The van der Waals surface area contributed by atoms with Crippen molar-refractivity contribution >= 4 is 11.9 Å². The van der Waals surface area contributed by atoms with Crippen molar-refractivity contribution in [2.45, 2.75) is 56.7 Å². The largest absolute Gasteiger partial charge is 0.490 e. The fourth-order valence-corrected chi connectivity index (χ4v) is 4.43. The molecule has 4 rings (SSSR count). The molecule has 0 amide bonds. The molecule has 0 aromatic carbocycles. The SMILES string of the molecule is Cn1ccc(CN2CCCC23CCN(Cc2nccn2C)CC3)n1.O=C(O)C(F)(F)F.O=C(O)C(F)(F)F. The highest BCUT2D eigenvalue weighted by Crippen LogP contribution is 2.39. The van der Waals surface area contributed by atoms with E-state index in [1.807, 2.05) is 30.3 Å². The van der Waals surface area contributed by atoms with Gasteiger partial charge in [-0.3, -0.25) is 14.5 Å². The molecule has 2 fully saturated rings. The van der Waals surface area contributed by atoms with E-state index in [4.69, 9.17) is 19.8 Å². The van der Waals surface area contributed by atoms with Crippen molar-refractivity contribution in [3.05, 3.63) is 36.2 Å². The molecule has 10 nitrogen and oxygen atoms in total. The van der Waals surface area contributed by atoms with Crippen LogP contribution in [0.5, 0.6) is 0 Å². The molecule has 214 valence electrons. The molecule has 16 heteroatoms. The summed E-state index contributed by atoms with van der Waals surface area (Å²) < 4.78 is 67.5. The van der Waals surface area contributed by atoms with Gasteiger partial charge < -0.3 is 14.8 Å². The first-order valence-corrected chi connectivity index (χ1v) is 11.6. The Balaban J connectivity index is 0.000000301. The number of carboxylic acid groups (broad SMARTS) is 2. The van der Waals surface area contributed by atoms with Gasteiger partial charge in [0.25, 0.3) is 0 Å². The number of aliphatic carboxylic acids is 2. The molecule has 2 aromatic heterocycles. The zero-order valence-corrected chi connectivity index (χ0v) is 20.8. The van der Waals surface area contributed by atoms with Crippen molar-refractivity contribution in [3.8, 4) is 0 Å². The second-order valence-corrected chi connectivity index (χ2v) is 9.07. The van der Waals surface area contributed by atoms with Gasteiger partial charge >= 0.3 is 24.3 Å². The molecule has 0 bridgehead atoms. The van der Waals surface area contributed by atoms with Gasteiger partial charge in [-0.15, -0.1) is 0 Å². The van der Waals surface area contributed by atoms with E-state index in [0.29, 0.717) is 5.54 Å². The molecule has 2 saturated heterocycles. The number of aryl methyl sites for hydroxylation is 2. The Morgan fingerprint density at radius 1 is 0.921 bits per heavy atom. The van der Waals surface area contributed by atoms with Crippen molar-refractivity contribution in [2.24, 2.45) is 14.1 Å². The van der Waals surface area contributed by atoms with Crippen LogP contribution in [-0.4, -0.2) is 88.8 Å². The van der Waals surface area contributed by atoms with Gasteiger partial charge in [0.2, 0.25) is 0 Å². The number of alkyl halides is 6. The van der Waals surface area contributed by atoms with E-state index in [0.717, 1.165) is 13.1 Å². The number of piperidine rings is 1. The molecule has 4 heterocycles. The van der Waals surface area contributed by atoms with E-state index in [-0.39, 0.29) is 0 Å². The van der Waals surface area contributed by atoms with E-state index in [2.05, 4.69) is 37.6 Å². The van der Waals surface area contributed by atoms with Crippen molar-refractivity contribution in [2.75, 3.05) is 19.6 Å². The zero-order chi connectivity index (χ0) is 28.7. The monoisotopic (exact) mass is 556 g/mol. The highest BCUT2D eigenvalue weighted by molar-refractivity contribution is 5.73. The first-order chi connectivity index (χ1) is 17.5. The number of halogens is 6. The quantitative estimate of drug-likeness (QED) is 0.553. The zero-order valence-electron chi connectivity index (χ0n) is 20.8. The van der Waals surface area contributed by atoms with Crippen molar-refractivity contribution in [1.82, 2.24) is 29.1 Å². The van der Waals surface area contributed by atoms with E-state index < -0.39 is 24.3 Å². The topological polar surface area (TPSA) is 117 Å². The standard InChI is InChI=1S/C18H28N6.2C2HF3O2/c1-21-13-8-19-17(21)15-23-11-6-18(7-12-23)5-3-9-24(18)14-16-4-10-22(2)20-16;2*3-2(4,5)1(6)7/h4,8,10,13H,3,5-7,9,11-12,14-15H2,1-2H3;2*(H,6,7). The summed E-state index contributed by atoms with van der Waals surface area (Å²) in [5.74, 6) is -4.34. The number of aromatic nitrogens is 4. The van der Waals surface area contributed by atoms with Crippen LogP contribution in [0, 0.1) is 0 Å². The van der Waals surface area contributed by atoms with Gasteiger partial charge in [0.05, 0.1) is 12.2 Å². The third-order valence-corrected chi connectivity index (χ3v) is 6.42. The summed E-state index contributed by atoms with van der Waals surface area (Å²) in [6.07, 6.45) is 1.02. The predicted molar refractivity (Wildman–Crippen MR) is 121 cm³/mol. The molecular weight excluding hydrogens is 526 g/mol. The smallest absolute Gasteiger partial charge is 0.475 e. The van der Waals surface area contributed by atoms with E-state index in [1.165, 1.54) is 56.8 Å². The van der Waals surface area contributed by atoms with Crippen LogP contribution in [0.25, 0.3) is 0 Å². The molecule has 2 aromatic rings. The molecule has 2 aliphatic heterocycles. The number of hydrogen-bond acceptors (Lipinski definition) is 6. The molecule has 1 spiro atoms. The summed E-state index contributed by atoms with van der Waals surface area (Å²) in [4.78, 5) is 27.5. The first kappa shape index (κ1) is 31.1. The van der Waals surface area contributed by atoms with Gasteiger partial charge in [-0.1, -0.05) is 0 Å². The minimum atomic E-state index is -5.08. The maximum absolute atomic E-state index is 10.6. The number of nitrogens with zero attached hydrogens (tertiary/aromatic N) is 6. The van der Waals surface area contributed by atoms with Crippen LogP contribution in [0.15, 0.2) is 24.7 Å². The fourth-order valence-electron chi connectivity index (χ4n) is 4.43. The predicted octanol–water partition coefficient (Wildman–Crippen LogP) is 3.05. The third kappa shape index (κ3) is 9.01. The van der Waals surface area contributed by atoms with Gasteiger partial charge in [0.1, 0.15) is 5.82 Å².